The Kier molecular flexibility index (Phi) is 2.81. The summed E-state index contributed by atoms with van der Waals surface area (Å²) in [5.41, 5.74) is 3.30. The van der Waals surface area contributed by atoms with E-state index >= 15 is 0 Å². The molecule has 1 N–H and O–H groups in total. The van der Waals surface area contributed by atoms with Crippen LogP contribution in [0.4, 0.5) is 0 Å². The van der Waals surface area contributed by atoms with Gasteiger partial charge in [0.15, 0.2) is 0 Å². The zero-order valence-electron chi connectivity index (χ0n) is 10.6. The van der Waals surface area contributed by atoms with Crippen molar-refractivity contribution in [2.75, 3.05) is 7.11 Å². The van der Waals surface area contributed by atoms with E-state index in [0.29, 0.717) is 12.8 Å². The molecule has 0 radical (unpaired) electrons. The summed E-state index contributed by atoms with van der Waals surface area (Å²) in [6.45, 7) is 0. The second-order valence-electron chi connectivity index (χ2n) is 4.86. The van der Waals surface area contributed by atoms with Crippen molar-refractivity contribution in [2.45, 2.75) is 19.3 Å². The number of hydrogen-bond donors (Lipinski definition) is 1. The van der Waals surface area contributed by atoms with E-state index in [-0.39, 0.29) is 5.92 Å². The van der Waals surface area contributed by atoms with Gasteiger partial charge in [-0.05, 0) is 43.0 Å². The highest BCUT2D eigenvalue weighted by atomic mass is 16.5. The largest absolute Gasteiger partial charge is 0.497 e. The number of aromatic amines is 1. The normalized spacial score (nSPS) is 18.1. The molecule has 0 spiro atoms. The number of hydrogen-bond acceptors (Lipinski definition) is 3. The van der Waals surface area contributed by atoms with E-state index < -0.39 is 5.91 Å². The average Bonchev–Trinajstić information content (AvgIpc) is 2.82. The van der Waals surface area contributed by atoms with Gasteiger partial charge in [-0.25, -0.2) is 0 Å². The molecule has 98 valence electrons. The number of aromatic nitrogens is 1. The number of carbonyl (C=O) groups excluding carboxylic acids is 1. The molecular formula is C14H14N2O3. The quantitative estimate of drug-likeness (QED) is 0.841. The minimum absolute atomic E-state index is 0.278. The zero-order valence-corrected chi connectivity index (χ0v) is 10.6. The third kappa shape index (κ3) is 1.91. The molecule has 1 aliphatic rings. The Morgan fingerprint density at radius 3 is 3.05 bits per heavy atom. The Morgan fingerprint density at radius 1 is 1.47 bits per heavy atom. The fraction of sp³-hybridized carbons (Fsp3) is 0.357. The maximum Gasteiger partial charge on any atom is 0.289 e. The van der Waals surface area contributed by atoms with Crippen LogP contribution in [-0.4, -0.2) is 18.0 Å². The monoisotopic (exact) mass is 258 g/mol. The second-order valence-corrected chi connectivity index (χ2v) is 4.86. The van der Waals surface area contributed by atoms with E-state index in [1.807, 2.05) is 18.2 Å². The molecule has 1 aromatic heterocycles. The molecule has 5 nitrogen and oxygen atoms in total. The van der Waals surface area contributed by atoms with Gasteiger partial charge in [-0.15, -0.1) is 4.91 Å². The van der Waals surface area contributed by atoms with Crippen LogP contribution in [0.1, 0.15) is 17.7 Å². The van der Waals surface area contributed by atoms with Crippen molar-refractivity contribution in [2.24, 2.45) is 11.1 Å². The number of nitrogens with one attached hydrogen (secondary N) is 1. The van der Waals surface area contributed by atoms with Crippen LogP contribution in [0.5, 0.6) is 5.75 Å². The third-order valence-electron chi connectivity index (χ3n) is 3.83. The first-order valence-electron chi connectivity index (χ1n) is 6.27. The molecule has 0 fully saturated rings. The molecule has 1 heterocycles. The average molecular weight is 258 g/mol. The molecule has 1 aromatic carbocycles. The van der Waals surface area contributed by atoms with Gasteiger partial charge >= 0.3 is 0 Å². The molecule has 1 aliphatic carbocycles. The highest BCUT2D eigenvalue weighted by molar-refractivity contribution is 5.87. The minimum atomic E-state index is -0.540. The molecule has 0 bridgehead atoms. The fourth-order valence-corrected chi connectivity index (χ4v) is 2.82. The zero-order chi connectivity index (χ0) is 13.4. The van der Waals surface area contributed by atoms with E-state index in [1.165, 1.54) is 5.56 Å². The highest BCUT2D eigenvalue weighted by Gasteiger charge is 2.27. The summed E-state index contributed by atoms with van der Waals surface area (Å²) in [7, 11) is 1.64. The molecule has 3 rings (SSSR count). The van der Waals surface area contributed by atoms with Crippen molar-refractivity contribution in [1.29, 1.82) is 0 Å². The van der Waals surface area contributed by atoms with E-state index in [1.54, 1.807) is 7.11 Å². The Hall–Kier alpha value is -2.17. The lowest BCUT2D eigenvalue weighted by atomic mass is 9.86. The maximum absolute atomic E-state index is 11.4. The fourth-order valence-electron chi connectivity index (χ4n) is 2.82. The van der Waals surface area contributed by atoms with Crippen LogP contribution >= 0.6 is 0 Å². The lowest BCUT2D eigenvalue weighted by molar-refractivity contribution is -0.122. The number of ether oxygens (including phenoxy) is 1. The highest BCUT2D eigenvalue weighted by Crippen LogP contribution is 2.33. The maximum atomic E-state index is 11.4. The number of rotatable bonds is 2. The predicted molar refractivity (Wildman–Crippen MR) is 71.2 cm³/mol. The summed E-state index contributed by atoms with van der Waals surface area (Å²) in [4.78, 5) is 25.0. The Labute approximate surface area is 109 Å². The molecule has 1 amide bonds. The standard InChI is InChI=1S/C14H14N2O3/c1-19-9-3-5-12-11(7-9)10-4-2-8(14(17)16-18)6-13(10)15-12/h3,5,7-8,15H,2,4,6H2,1H3. The lowest BCUT2D eigenvalue weighted by Gasteiger charge is -2.18. The Bertz CT molecular complexity index is 660. The van der Waals surface area contributed by atoms with Gasteiger partial charge in [0.05, 0.1) is 7.11 Å². The number of H-pyrrole nitrogens is 1. The molecule has 0 saturated carbocycles. The SMILES string of the molecule is COc1ccc2[nH]c3c(c2c1)CCC(C(=O)N=O)C3. The first-order valence-corrected chi connectivity index (χ1v) is 6.27. The van der Waals surface area contributed by atoms with Crippen molar-refractivity contribution < 1.29 is 9.53 Å². The molecule has 0 aliphatic heterocycles. The molecular weight excluding hydrogens is 244 g/mol. The van der Waals surface area contributed by atoms with Crippen LogP contribution in [0, 0.1) is 10.8 Å². The van der Waals surface area contributed by atoms with Crippen molar-refractivity contribution in [3.05, 3.63) is 34.4 Å². The number of aryl methyl sites for hydroxylation is 1. The molecule has 0 saturated heterocycles. The van der Waals surface area contributed by atoms with Crippen LogP contribution in [0.15, 0.2) is 23.4 Å². The first kappa shape index (κ1) is 11.9. The van der Waals surface area contributed by atoms with Crippen LogP contribution in [0.25, 0.3) is 10.9 Å². The van der Waals surface area contributed by atoms with Crippen molar-refractivity contribution in [1.82, 2.24) is 4.98 Å². The summed E-state index contributed by atoms with van der Waals surface area (Å²) in [6.07, 6.45) is 2.03. The number of methoxy groups -OCH3 is 1. The van der Waals surface area contributed by atoms with Gasteiger partial charge in [0.1, 0.15) is 5.75 Å². The van der Waals surface area contributed by atoms with Crippen molar-refractivity contribution in [3.8, 4) is 5.75 Å². The number of nitroso groups, excluding NO2 is 1. The number of benzene rings is 1. The second kappa shape index (κ2) is 4.50. The summed E-state index contributed by atoms with van der Waals surface area (Å²) >= 11 is 0. The number of nitrogens with zero attached hydrogens (tertiary/aromatic N) is 1. The lowest BCUT2D eigenvalue weighted by Crippen LogP contribution is -2.20. The molecule has 1 unspecified atom stereocenters. The predicted octanol–water partition coefficient (Wildman–Crippen LogP) is 2.57. The van der Waals surface area contributed by atoms with E-state index in [2.05, 4.69) is 10.2 Å². The Morgan fingerprint density at radius 2 is 2.32 bits per heavy atom. The number of carbonyl (C=O) groups is 1. The van der Waals surface area contributed by atoms with Gasteiger partial charge < -0.3 is 9.72 Å². The molecule has 19 heavy (non-hydrogen) atoms. The van der Waals surface area contributed by atoms with Gasteiger partial charge in [-0.1, -0.05) is 0 Å². The topological polar surface area (TPSA) is 71.5 Å². The van der Waals surface area contributed by atoms with E-state index in [9.17, 15) is 9.70 Å². The van der Waals surface area contributed by atoms with Gasteiger partial charge in [0.25, 0.3) is 5.91 Å². The number of amides is 1. The summed E-state index contributed by atoms with van der Waals surface area (Å²) in [5.74, 6) is 0.00361. The van der Waals surface area contributed by atoms with Crippen LogP contribution in [0.3, 0.4) is 0 Å². The summed E-state index contributed by atoms with van der Waals surface area (Å²) in [5, 5.41) is 3.68. The first-order chi connectivity index (χ1) is 9.22. The Balaban J connectivity index is 2.03. The van der Waals surface area contributed by atoms with Gasteiger partial charge in [-0.2, -0.15) is 0 Å². The smallest absolute Gasteiger partial charge is 0.289 e. The molecule has 1 atom stereocenters. The summed E-state index contributed by atoms with van der Waals surface area (Å²) in [6, 6.07) is 5.88. The van der Waals surface area contributed by atoms with Crippen LogP contribution < -0.4 is 4.74 Å². The van der Waals surface area contributed by atoms with Gasteiger partial charge in [0.2, 0.25) is 0 Å². The van der Waals surface area contributed by atoms with E-state index in [4.69, 9.17) is 4.74 Å². The van der Waals surface area contributed by atoms with Crippen molar-refractivity contribution >= 4 is 16.8 Å². The van der Waals surface area contributed by atoms with Crippen molar-refractivity contribution in [3.63, 3.8) is 0 Å². The molecule has 2 aromatic rings. The van der Waals surface area contributed by atoms with Gasteiger partial charge in [-0.3, -0.25) is 4.79 Å². The minimum Gasteiger partial charge on any atom is -0.497 e. The number of fused-ring (bicyclic) bond motifs is 3. The third-order valence-corrected chi connectivity index (χ3v) is 3.83. The van der Waals surface area contributed by atoms with Crippen LogP contribution in [0.2, 0.25) is 0 Å². The van der Waals surface area contributed by atoms with E-state index in [0.717, 1.165) is 28.8 Å². The summed E-state index contributed by atoms with van der Waals surface area (Å²) < 4.78 is 5.24. The molecule has 5 heteroatoms. The van der Waals surface area contributed by atoms with Gasteiger partial charge in [0, 0.05) is 27.7 Å². The van der Waals surface area contributed by atoms with Crippen LogP contribution in [-0.2, 0) is 17.6 Å².